The Kier molecular flexibility index (Phi) is 7.97. The molecule has 2 aliphatic heterocycles. The van der Waals surface area contributed by atoms with Crippen LogP contribution in [-0.4, -0.2) is 54.4 Å². The molecule has 0 aliphatic carbocycles. The molecule has 5 nitrogen and oxygen atoms in total. The van der Waals surface area contributed by atoms with Crippen molar-refractivity contribution in [3.8, 4) is 5.75 Å². The number of piperidine rings is 2. The van der Waals surface area contributed by atoms with Crippen LogP contribution in [0.5, 0.6) is 5.75 Å². The molecule has 2 aromatic rings. The second kappa shape index (κ2) is 11.3. The normalized spacial score (nSPS) is 19.4. The van der Waals surface area contributed by atoms with E-state index in [2.05, 4.69) is 0 Å². The Morgan fingerprint density at radius 1 is 0.939 bits per heavy atom. The van der Waals surface area contributed by atoms with Crippen molar-refractivity contribution in [1.82, 2.24) is 9.80 Å². The van der Waals surface area contributed by atoms with Crippen LogP contribution < -0.4 is 4.74 Å². The number of carbonyl (C=O) groups is 2. The van der Waals surface area contributed by atoms with Crippen LogP contribution in [0.15, 0.2) is 54.6 Å². The molecule has 0 aromatic heterocycles. The first-order valence-electron chi connectivity index (χ1n) is 12.1. The molecule has 0 N–H and O–H groups in total. The molecule has 0 saturated carbocycles. The second-order valence-corrected chi connectivity index (χ2v) is 9.19. The van der Waals surface area contributed by atoms with Gasteiger partial charge in [0.1, 0.15) is 11.6 Å². The molecule has 4 rings (SSSR count). The van der Waals surface area contributed by atoms with Crippen LogP contribution in [0.1, 0.15) is 37.7 Å². The van der Waals surface area contributed by atoms with E-state index in [0.717, 1.165) is 56.5 Å². The fourth-order valence-corrected chi connectivity index (χ4v) is 4.95. The van der Waals surface area contributed by atoms with E-state index in [9.17, 15) is 14.0 Å². The first-order chi connectivity index (χ1) is 16.1. The minimum atomic E-state index is -0.192. The molecule has 2 saturated heterocycles. The summed E-state index contributed by atoms with van der Waals surface area (Å²) in [5, 5.41) is 0. The number of likely N-dealkylation sites (tertiary alicyclic amines) is 2. The fourth-order valence-electron chi connectivity index (χ4n) is 4.95. The van der Waals surface area contributed by atoms with Gasteiger partial charge in [-0.1, -0.05) is 30.3 Å². The van der Waals surface area contributed by atoms with E-state index >= 15 is 0 Å². The summed E-state index contributed by atoms with van der Waals surface area (Å²) in [6, 6.07) is 16.3. The van der Waals surface area contributed by atoms with Gasteiger partial charge < -0.3 is 14.5 Å². The summed E-state index contributed by atoms with van der Waals surface area (Å²) in [6.07, 6.45) is 4.75. The molecule has 2 fully saturated rings. The summed E-state index contributed by atoms with van der Waals surface area (Å²) >= 11 is 0. The maximum absolute atomic E-state index is 13.4. The monoisotopic (exact) mass is 452 g/mol. The molecule has 2 amide bonds. The van der Waals surface area contributed by atoms with E-state index < -0.39 is 0 Å². The topological polar surface area (TPSA) is 49.9 Å². The number of halogens is 1. The minimum absolute atomic E-state index is 0.0530. The number of nitrogens with zero attached hydrogens (tertiary/aromatic N) is 2. The van der Waals surface area contributed by atoms with Crippen molar-refractivity contribution in [2.45, 2.75) is 38.5 Å². The van der Waals surface area contributed by atoms with Crippen LogP contribution in [0.4, 0.5) is 4.39 Å². The van der Waals surface area contributed by atoms with Gasteiger partial charge >= 0.3 is 0 Å². The van der Waals surface area contributed by atoms with Gasteiger partial charge in [-0.25, -0.2) is 4.39 Å². The van der Waals surface area contributed by atoms with Crippen LogP contribution in [0, 0.1) is 17.7 Å². The van der Waals surface area contributed by atoms with Crippen LogP contribution >= 0.6 is 0 Å². The molecule has 6 heteroatoms. The number of benzene rings is 2. The second-order valence-electron chi connectivity index (χ2n) is 9.19. The standard InChI is InChI=1S/C27H33FN2O3/c28-24-8-4-6-22(19-24)18-21-11-15-29(16-12-21)27(32)23-7-5-14-30(20-23)26(31)13-17-33-25-9-2-1-3-10-25/h1-4,6,8-10,19,21,23H,5,7,11-18,20H2. The van der Waals surface area contributed by atoms with Crippen molar-refractivity contribution in [2.75, 3.05) is 32.8 Å². The van der Waals surface area contributed by atoms with Gasteiger partial charge in [0.25, 0.3) is 0 Å². The molecule has 33 heavy (non-hydrogen) atoms. The number of amides is 2. The highest BCUT2D eigenvalue weighted by Crippen LogP contribution is 2.26. The van der Waals surface area contributed by atoms with Gasteiger partial charge in [0.2, 0.25) is 11.8 Å². The lowest BCUT2D eigenvalue weighted by Crippen LogP contribution is -2.48. The zero-order valence-electron chi connectivity index (χ0n) is 19.1. The van der Waals surface area contributed by atoms with Gasteiger partial charge in [-0.2, -0.15) is 0 Å². The molecule has 0 radical (unpaired) electrons. The molecule has 1 atom stereocenters. The molecule has 2 aromatic carbocycles. The molecular formula is C27H33FN2O3. The average molecular weight is 453 g/mol. The Hall–Kier alpha value is -2.89. The third kappa shape index (κ3) is 6.56. The Bertz CT molecular complexity index is 928. The van der Waals surface area contributed by atoms with Crippen molar-refractivity contribution in [3.63, 3.8) is 0 Å². The molecular weight excluding hydrogens is 419 g/mol. The lowest BCUT2D eigenvalue weighted by molar-refractivity contribution is -0.142. The van der Waals surface area contributed by atoms with Gasteiger partial charge in [0.15, 0.2) is 0 Å². The van der Waals surface area contributed by atoms with Gasteiger partial charge in [-0.3, -0.25) is 9.59 Å². The summed E-state index contributed by atoms with van der Waals surface area (Å²) in [6.45, 7) is 3.05. The largest absolute Gasteiger partial charge is 0.493 e. The third-order valence-electron chi connectivity index (χ3n) is 6.79. The van der Waals surface area contributed by atoms with E-state index in [0.29, 0.717) is 32.0 Å². The van der Waals surface area contributed by atoms with Crippen molar-refractivity contribution >= 4 is 11.8 Å². The lowest BCUT2D eigenvalue weighted by Gasteiger charge is -2.38. The zero-order chi connectivity index (χ0) is 23.0. The highest BCUT2D eigenvalue weighted by Gasteiger charge is 2.32. The lowest BCUT2D eigenvalue weighted by atomic mass is 9.89. The average Bonchev–Trinajstić information content (AvgIpc) is 2.85. The molecule has 0 spiro atoms. The van der Waals surface area contributed by atoms with Crippen LogP contribution in [0.2, 0.25) is 0 Å². The number of hydrogen-bond acceptors (Lipinski definition) is 3. The van der Waals surface area contributed by atoms with Crippen molar-refractivity contribution in [2.24, 2.45) is 11.8 Å². The highest BCUT2D eigenvalue weighted by molar-refractivity contribution is 5.81. The number of ether oxygens (including phenoxy) is 1. The van der Waals surface area contributed by atoms with E-state index in [1.807, 2.05) is 46.2 Å². The summed E-state index contributed by atoms with van der Waals surface area (Å²) in [5.74, 6) is 1.16. The zero-order valence-corrected chi connectivity index (χ0v) is 19.1. The first-order valence-corrected chi connectivity index (χ1v) is 12.1. The van der Waals surface area contributed by atoms with Crippen LogP contribution in [-0.2, 0) is 16.0 Å². The van der Waals surface area contributed by atoms with Crippen molar-refractivity contribution in [3.05, 3.63) is 66.0 Å². The maximum Gasteiger partial charge on any atom is 0.227 e. The van der Waals surface area contributed by atoms with Gasteiger partial charge in [0.05, 0.1) is 18.9 Å². The van der Waals surface area contributed by atoms with Crippen LogP contribution in [0.3, 0.4) is 0 Å². The van der Waals surface area contributed by atoms with Crippen LogP contribution in [0.25, 0.3) is 0 Å². The molecule has 0 bridgehead atoms. The Morgan fingerprint density at radius 2 is 1.73 bits per heavy atom. The highest BCUT2D eigenvalue weighted by atomic mass is 19.1. The van der Waals surface area contributed by atoms with Crippen molar-refractivity contribution in [1.29, 1.82) is 0 Å². The van der Waals surface area contributed by atoms with E-state index in [1.165, 1.54) is 6.07 Å². The van der Waals surface area contributed by atoms with E-state index in [1.54, 1.807) is 12.1 Å². The molecule has 176 valence electrons. The Labute approximate surface area is 195 Å². The SMILES string of the molecule is O=C(CCOc1ccccc1)N1CCCC(C(=O)N2CCC(Cc3cccc(F)c3)CC2)C1. The molecule has 2 aliphatic rings. The summed E-state index contributed by atoms with van der Waals surface area (Å²) < 4.78 is 19.1. The van der Waals surface area contributed by atoms with Crippen molar-refractivity contribution < 1.29 is 18.7 Å². The maximum atomic E-state index is 13.4. The molecule has 1 unspecified atom stereocenters. The number of rotatable bonds is 7. The van der Waals surface area contributed by atoms with Gasteiger partial charge in [0, 0.05) is 26.2 Å². The predicted octanol–water partition coefficient (Wildman–Crippen LogP) is 4.31. The van der Waals surface area contributed by atoms with Gasteiger partial charge in [-0.15, -0.1) is 0 Å². The fraction of sp³-hybridized carbons (Fsp3) is 0.481. The third-order valence-corrected chi connectivity index (χ3v) is 6.79. The summed E-state index contributed by atoms with van der Waals surface area (Å²) in [5.41, 5.74) is 1.03. The predicted molar refractivity (Wildman–Crippen MR) is 125 cm³/mol. The van der Waals surface area contributed by atoms with E-state index in [4.69, 9.17) is 4.74 Å². The van der Waals surface area contributed by atoms with E-state index in [-0.39, 0.29) is 23.5 Å². The minimum Gasteiger partial charge on any atom is -0.493 e. The summed E-state index contributed by atoms with van der Waals surface area (Å²) in [4.78, 5) is 29.6. The quantitative estimate of drug-likeness (QED) is 0.629. The number of para-hydroxylation sites is 1. The number of hydrogen-bond donors (Lipinski definition) is 0. The van der Waals surface area contributed by atoms with Gasteiger partial charge in [-0.05, 0) is 67.9 Å². The smallest absolute Gasteiger partial charge is 0.227 e. The molecule has 2 heterocycles. The summed E-state index contributed by atoms with van der Waals surface area (Å²) in [7, 11) is 0. The Balaban J connectivity index is 1.21. The Morgan fingerprint density at radius 3 is 2.48 bits per heavy atom. The first kappa shape index (κ1) is 23.3. The number of carbonyl (C=O) groups excluding carboxylic acids is 2.